The Morgan fingerprint density at radius 1 is 0.346 bits per heavy atom. The van der Waals surface area contributed by atoms with Crippen LogP contribution in [-0.2, 0) is 40.0 Å². The number of carboxylic acid groups (broad SMARTS) is 3. The predicted molar refractivity (Wildman–Crippen MR) is 498 cm³/mol. The van der Waals surface area contributed by atoms with Gasteiger partial charge in [-0.3, -0.25) is 43.2 Å². The number of rotatable bonds is 58. The van der Waals surface area contributed by atoms with Crippen molar-refractivity contribution < 1.29 is 103 Å². The number of Topliss-reactive ketones (excluding diaryl/α,β-unsaturated/α-hetero) is 4. The second-order valence-electron chi connectivity index (χ2n) is 31.8. The Morgan fingerprint density at radius 3 is 1.14 bits per heavy atom. The molecule has 0 saturated heterocycles. The Labute approximate surface area is 757 Å². The van der Waals surface area contributed by atoms with E-state index >= 15 is 0 Å². The lowest BCUT2D eigenvalue weighted by atomic mass is 10.0. The number of hydrogen-bond acceptors (Lipinski definition) is 18. The minimum Gasteiger partial charge on any atom is -0.508 e. The summed E-state index contributed by atoms with van der Waals surface area (Å²) in [7, 11) is 3.28. The molecule has 12 N–H and O–H groups in total. The fraction of sp³-hybridized carbons (Fsp3) is 0.520. The van der Waals surface area contributed by atoms with Crippen LogP contribution in [0.4, 0.5) is 0 Å². The summed E-state index contributed by atoms with van der Waals surface area (Å²) >= 11 is 5.80. The Morgan fingerprint density at radius 2 is 0.709 bits per heavy atom. The van der Waals surface area contributed by atoms with Crippen LogP contribution in [0.25, 0.3) is 0 Å². The van der Waals surface area contributed by atoms with Gasteiger partial charge in [0.05, 0.1) is 34.9 Å². The molecular weight excluding hydrogens is 1640 g/mol. The van der Waals surface area contributed by atoms with Gasteiger partial charge >= 0.3 is 17.9 Å². The third kappa shape index (κ3) is 58.7. The average molecular weight is 1790 g/mol. The summed E-state index contributed by atoms with van der Waals surface area (Å²) in [4.78, 5) is 136. The van der Waals surface area contributed by atoms with E-state index in [1.165, 1.54) is 30.3 Å². The largest absolute Gasteiger partial charge is 0.508 e. The molecule has 0 radical (unpaired) electrons. The summed E-state index contributed by atoms with van der Waals surface area (Å²) in [6.45, 7) is 11.7. The van der Waals surface area contributed by atoms with Crippen molar-refractivity contribution in [1.29, 1.82) is 0 Å². The van der Waals surface area contributed by atoms with Gasteiger partial charge in [-0.1, -0.05) is 194 Å². The first kappa shape index (κ1) is 114. The molecular formula is C100H144ClN5O21. The van der Waals surface area contributed by atoms with E-state index in [4.69, 9.17) is 31.7 Å². The van der Waals surface area contributed by atoms with Crippen molar-refractivity contribution >= 4 is 82.2 Å². The van der Waals surface area contributed by atoms with E-state index in [1.807, 2.05) is 31.2 Å². The van der Waals surface area contributed by atoms with Crippen LogP contribution in [0.5, 0.6) is 34.5 Å². The van der Waals surface area contributed by atoms with Gasteiger partial charge < -0.3 is 86.1 Å². The van der Waals surface area contributed by atoms with Gasteiger partial charge in [-0.15, -0.1) is 0 Å². The lowest BCUT2D eigenvalue weighted by Gasteiger charge is -2.17. The van der Waals surface area contributed by atoms with Crippen LogP contribution in [-0.4, -0.2) is 163 Å². The maximum atomic E-state index is 12.1. The minimum atomic E-state index is -0.747. The van der Waals surface area contributed by atoms with E-state index in [-0.39, 0.29) is 106 Å². The van der Waals surface area contributed by atoms with Gasteiger partial charge in [0.2, 0.25) is 5.91 Å². The molecule has 0 saturated carbocycles. The number of benzene rings is 6. The van der Waals surface area contributed by atoms with Crippen LogP contribution in [0.3, 0.4) is 0 Å². The number of nitrogens with zero attached hydrogens (tertiary/aromatic N) is 1. The molecule has 0 aromatic heterocycles. The number of hydrogen-bond donors (Lipinski definition) is 12. The highest BCUT2D eigenvalue weighted by atomic mass is 35.5. The molecule has 6 aromatic rings. The van der Waals surface area contributed by atoms with Crippen molar-refractivity contribution in [2.75, 3.05) is 46.9 Å². The first-order valence-electron chi connectivity index (χ1n) is 45.1. The number of aromatic hydroxyl groups is 5. The van der Waals surface area contributed by atoms with Gasteiger partial charge in [0.15, 0.2) is 5.78 Å². The molecule has 0 aliphatic carbocycles. The van der Waals surface area contributed by atoms with E-state index in [1.54, 1.807) is 120 Å². The molecule has 0 bridgehead atoms. The summed E-state index contributed by atoms with van der Waals surface area (Å²) in [5, 5.41) is 85.5. The molecule has 5 amide bonds. The molecule has 26 nitrogen and oxygen atoms in total. The third-order valence-corrected chi connectivity index (χ3v) is 20.6. The van der Waals surface area contributed by atoms with Gasteiger partial charge in [0.25, 0.3) is 23.6 Å². The fourth-order valence-electron chi connectivity index (χ4n) is 12.9. The van der Waals surface area contributed by atoms with Gasteiger partial charge in [0.1, 0.15) is 51.8 Å². The van der Waals surface area contributed by atoms with Crippen molar-refractivity contribution in [2.24, 2.45) is 0 Å². The zero-order valence-corrected chi connectivity index (χ0v) is 76.9. The molecule has 0 aliphatic rings. The number of nitrogens with one attached hydrogen (secondary N) is 4. The van der Waals surface area contributed by atoms with E-state index in [0.717, 1.165) is 209 Å². The van der Waals surface area contributed by atoms with Crippen LogP contribution in [0.1, 0.15) is 340 Å². The lowest BCUT2D eigenvalue weighted by Crippen LogP contribution is -2.27. The number of para-hydroxylation sites is 4. The van der Waals surface area contributed by atoms with Crippen LogP contribution in [0.2, 0.25) is 5.02 Å². The van der Waals surface area contributed by atoms with Crippen LogP contribution in [0.15, 0.2) is 127 Å². The van der Waals surface area contributed by atoms with Gasteiger partial charge in [-0.2, -0.15) is 0 Å². The standard InChI is InChI=1S/C18H26O3.2C17H25NO4.C16H22ClNO3.C16H23NO4.C16H23NO3/c1-14-10-9-12-16(18(14)21)17(20)13-8-6-4-3-5-7-11-15(2)19;1-13-9-10-14(15(12-13)22-2)17(21)18-11-7-5-3-4-6-8-16(19)20;19-15-9-6-5-8-14(15)11-12-16(20)18-13-7-3-1-2-4-10-17(21)22;1-12(19)7-5-3-2-4-6-10-18-16(21)14-11-13(17)8-9-15(14)20;1-17(12-8-4-2-3-5-11-15(19)20)16(21)13-9-6-7-10-14(13)18;1-13(18)9-5-3-2-4-8-12-17-16(20)14-10-6-7-11-15(14)19/h9-10,12,21H,3-8,11,13H2,1-2H3;9-10,12H,3-8,11H2,1-2H3,(H,18,21)(H,19,20);5-6,8-9,19H,1-4,7,10-13H2,(H,18,20)(H,21,22);8-9,11,20H,2-7,10H2,1H3,(H,18,21);6-7,9-10,18H,2-5,8,11-12H2,1H3,(H,19,20);6-7,10-11,19H,2-5,8-9,12H2,1H3,(H,17,20). The summed E-state index contributed by atoms with van der Waals surface area (Å²) in [6, 6.07) is 35.3. The molecule has 0 spiro atoms. The molecule has 0 fully saturated rings. The first-order valence-corrected chi connectivity index (χ1v) is 45.5. The monoisotopic (exact) mass is 1790 g/mol. The van der Waals surface area contributed by atoms with Crippen molar-refractivity contribution in [3.05, 3.63) is 177 Å². The van der Waals surface area contributed by atoms with E-state index in [0.29, 0.717) is 111 Å². The van der Waals surface area contributed by atoms with Crippen molar-refractivity contribution in [3.8, 4) is 34.5 Å². The van der Waals surface area contributed by atoms with Gasteiger partial charge in [-0.25, -0.2) is 0 Å². The number of aliphatic carboxylic acids is 3. The summed E-state index contributed by atoms with van der Waals surface area (Å²) in [5.74, 6) is -1.43. The zero-order chi connectivity index (χ0) is 94.4. The second-order valence-corrected chi connectivity index (χ2v) is 32.2. The highest BCUT2D eigenvalue weighted by Crippen LogP contribution is 2.27. The zero-order valence-electron chi connectivity index (χ0n) is 76.2. The van der Waals surface area contributed by atoms with Gasteiger partial charge in [-0.05, 0) is 202 Å². The number of halogens is 1. The van der Waals surface area contributed by atoms with E-state index in [2.05, 4.69) is 21.3 Å². The second kappa shape index (κ2) is 71.9. The highest BCUT2D eigenvalue weighted by Gasteiger charge is 2.18. The normalized spacial score (nSPS) is 10.4. The number of phenols is 5. The summed E-state index contributed by atoms with van der Waals surface area (Å²) in [6.07, 6.45) is 33.8. The maximum absolute atomic E-state index is 12.1. The van der Waals surface area contributed by atoms with Crippen LogP contribution in [0, 0.1) is 13.8 Å². The smallest absolute Gasteiger partial charge is 0.303 e. The number of ketones is 4. The van der Waals surface area contributed by atoms with Crippen LogP contribution >= 0.6 is 11.6 Å². The molecule has 6 rings (SSSR count). The minimum absolute atomic E-state index is 0.00280. The Kier molecular flexibility index (Phi) is 64.5. The topological polar surface area (TPSA) is 427 Å². The quantitative estimate of drug-likeness (QED) is 0.0125. The van der Waals surface area contributed by atoms with E-state index < -0.39 is 17.9 Å². The third-order valence-electron chi connectivity index (χ3n) is 20.4. The van der Waals surface area contributed by atoms with Gasteiger partial charge in [0, 0.05) is 96.2 Å². The molecule has 0 unspecified atom stereocenters. The number of phenolic OH excluding ortho intramolecular Hbond substituents is 5. The number of amides is 5. The number of ether oxygens (including phenoxy) is 1. The highest BCUT2D eigenvalue weighted by molar-refractivity contribution is 6.31. The summed E-state index contributed by atoms with van der Waals surface area (Å²) in [5.41, 5.74) is 4.41. The summed E-state index contributed by atoms with van der Waals surface area (Å²) < 4.78 is 5.23. The number of unbranched alkanes of at least 4 members (excludes halogenated alkanes) is 25. The number of carboxylic acids is 3. The fourth-order valence-corrected chi connectivity index (χ4v) is 13.1. The SMILES string of the molecule is CC(=O)CCCCCCCCC(=O)c1cccc(C)c1O.CC(=O)CCCCCCCNC(=O)c1cc(Cl)ccc1O.CC(=O)CCCCCCCNC(=O)c1ccccc1O.CN(CCCCCCCC(=O)O)C(=O)c1ccccc1O.COc1cc(C)ccc1C(=O)NCCCCCCCC(=O)O.O=C(O)CCCCCCCNC(=O)CCc1ccccc1O. The Hall–Kier alpha value is -11.2. The Bertz CT molecular complexity index is 4190. The van der Waals surface area contributed by atoms with Crippen LogP contribution < -0.4 is 26.0 Å². The molecule has 127 heavy (non-hydrogen) atoms. The molecule has 6 aromatic carbocycles. The molecule has 702 valence electrons. The Balaban J connectivity index is 0.000000762. The maximum Gasteiger partial charge on any atom is 0.303 e. The predicted octanol–water partition coefficient (Wildman–Crippen LogP) is 20.3. The number of methoxy groups -OCH3 is 1. The molecule has 0 atom stereocenters. The number of carbonyl (C=O) groups is 12. The van der Waals surface area contributed by atoms with Crippen molar-refractivity contribution in [3.63, 3.8) is 0 Å². The lowest BCUT2D eigenvalue weighted by molar-refractivity contribution is -0.138. The molecule has 27 heteroatoms. The number of aryl methyl sites for hydroxylation is 3. The average Bonchev–Trinajstić information content (AvgIpc) is 0.864. The first-order chi connectivity index (χ1) is 60.8. The molecule has 0 heterocycles. The van der Waals surface area contributed by atoms with Crippen molar-refractivity contribution in [2.45, 2.75) is 291 Å². The van der Waals surface area contributed by atoms with Crippen molar-refractivity contribution in [1.82, 2.24) is 26.2 Å². The van der Waals surface area contributed by atoms with E-state index in [9.17, 15) is 83.1 Å². The molecule has 0 aliphatic heterocycles. The number of carbonyl (C=O) groups excluding carboxylic acids is 9.